The third-order valence-corrected chi connectivity index (χ3v) is 12.8. The van der Waals surface area contributed by atoms with Gasteiger partial charge in [-0.25, -0.2) is 14.4 Å². The number of carboxylic acids is 2. The molecule has 1 N–H and O–H groups in total. The molecule has 2 heterocycles. The van der Waals surface area contributed by atoms with E-state index in [1.165, 1.54) is 32.1 Å². The Hall–Kier alpha value is -3.82. The summed E-state index contributed by atoms with van der Waals surface area (Å²) in [6.07, 6.45) is 22.8. The van der Waals surface area contributed by atoms with Crippen LogP contribution in [0.15, 0.2) is 49.1 Å². The van der Waals surface area contributed by atoms with E-state index in [1.54, 1.807) is 0 Å². The van der Waals surface area contributed by atoms with Gasteiger partial charge in [0.25, 0.3) is 0 Å². The van der Waals surface area contributed by atoms with Gasteiger partial charge < -0.3 is 24.5 Å². The number of allylic oxidation sites excluding steroid dienone is 4. The molecule has 0 radical (unpaired) electrons. The topological polar surface area (TPSA) is 164 Å². The minimum atomic E-state index is -0.981. The average Bonchev–Trinajstić information content (AvgIpc) is 3.88. The first-order chi connectivity index (χ1) is 21.9. The van der Waals surface area contributed by atoms with Gasteiger partial charge in [-0.2, -0.15) is 0 Å². The highest BCUT2D eigenvalue weighted by Crippen LogP contribution is 2.76. The zero-order valence-electron chi connectivity index (χ0n) is 26.0. The van der Waals surface area contributed by atoms with Gasteiger partial charge in [0.15, 0.2) is 0 Å². The van der Waals surface area contributed by atoms with Crippen molar-refractivity contribution in [3.63, 3.8) is 0 Å². The SMILES string of the molecule is C=CC(=O)O.CCC1(C23C=CC(CC2C(=O)[O-])C3)CC2CC1C1CCCC21.O=C1C=CC(=O)O1.O=C1OC(=O)C2C1[C@@H]1C=C[C@H]2C1. The van der Waals surface area contributed by atoms with Crippen LogP contribution in [0.4, 0.5) is 0 Å². The van der Waals surface area contributed by atoms with Gasteiger partial charge in [-0.3, -0.25) is 9.59 Å². The van der Waals surface area contributed by atoms with Crippen molar-refractivity contribution in [1.29, 1.82) is 0 Å². The fourth-order valence-corrected chi connectivity index (χ4v) is 11.4. The third-order valence-electron chi connectivity index (χ3n) is 12.8. The first-order valence-electron chi connectivity index (χ1n) is 16.6. The molecular formula is C36H41O10-. The molecule has 0 aromatic rings. The van der Waals surface area contributed by atoms with Crippen molar-refractivity contribution in [2.24, 2.45) is 70.0 Å². The Morgan fingerprint density at radius 1 is 0.935 bits per heavy atom. The highest BCUT2D eigenvalue weighted by Gasteiger charge is 2.70. The van der Waals surface area contributed by atoms with E-state index in [4.69, 9.17) is 5.11 Å². The molecule has 6 fully saturated rings. The van der Waals surface area contributed by atoms with E-state index in [0.717, 1.165) is 67.6 Å². The van der Waals surface area contributed by atoms with Crippen molar-refractivity contribution in [2.45, 2.75) is 64.7 Å². The zero-order valence-corrected chi connectivity index (χ0v) is 26.0. The van der Waals surface area contributed by atoms with Crippen molar-refractivity contribution in [2.75, 3.05) is 0 Å². The molecule has 10 nitrogen and oxygen atoms in total. The number of cyclic esters (lactones) is 4. The van der Waals surface area contributed by atoms with Gasteiger partial charge >= 0.3 is 29.8 Å². The lowest BCUT2D eigenvalue weighted by molar-refractivity contribution is -0.316. The lowest BCUT2D eigenvalue weighted by atomic mass is 9.49. The predicted octanol–water partition coefficient (Wildman–Crippen LogP) is 3.56. The summed E-state index contributed by atoms with van der Waals surface area (Å²) in [6.45, 7) is 5.30. The largest absolute Gasteiger partial charge is 0.550 e. The molecule has 6 bridgehead atoms. The normalized spacial score (nSPS) is 43.6. The Balaban J connectivity index is 0.000000129. The molecule has 2 aliphatic heterocycles. The van der Waals surface area contributed by atoms with Gasteiger partial charge in [-0.15, -0.1) is 0 Å². The van der Waals surface area contributed by atoms with Crippen LogP contribution in [0.2, 0.25) is 0 Å². The number of esters is 4. The fourth-order valence-electron chi connectivity index (χ4n) is 11.4. The lowest BCUT2D eigenvalue weighted by Gasteiger charge is -2.55. The molecule has 10 unspecified atom stereocenters. The second-order valence-corrected chi connectivity index (χ2v) is 14.4. The molecule has 12 atom stereocenters. The van der Waals surface area contributed by atoms with Gasteiger partial charge in [0.1, 0.15) is 0 Å². The number of hydrogen-bond donors (Lipinski definition) is 1. The van der Waals surface area contributed by atoms with Gasteiger partial charge in [0.2, 0.25) is 0 Å². The van der Waals surface area contributed by atoms with Gasteiger partial charge in [-0.1, -0.05) is 44.2 Å². The summed E-state index contributed by atoms with van der Waals surface area (Å²) in [4.78, 5) is 63.4. The van der Waals surface area contributed by atoms with Gasteiger partial charge in [0.05, 0.1) is 11.8 Å². The highest BCUT2D eigenvalue weighted by molar-refractivity contribution is 6.05. The fraction of sp³-hybridized carbons (Fsp3) is 0.611. The summed E-state index contributed by atoms with van der Waals surface area (Å²) >= 11 is 0. The Bertz CT molecular complexity index is 1400. The quantitative estimate of drug-likeness (QED) is 0.209. The standard InChI is InChI=1S/C20H28O2.C9H8O3.C4H2O3.C3H4O2/c1-2-19(11-13-9-16(19)15-5-3-4-14(13)15)20-7-6-12(10-20)8-17(20)18(21)22;10-8-6-4-1-2-5(3-4)7(6)9(11)12-8;5-3-1-2-4(6)7-3;1-2-3(4)5/h6-7,12-17H,2-5,8-11H2,1H3,(H,21,22);1-2,4-7H,3H2;1-2H;2H,1H2,(H,4,5)/p-1/t;4-,5+,6?,7?;;. The van der Waals surface area contributed by atoms with Crippen molar-refractivity contribution in [3.05, 3.63) is 49.1 Å². The van der Waals surface area contributed by atoms with E-state index in [1.807, 2.05) is 12.2 Å². The number of carbonyl (C=O) groups is 6. The molecule has 1 saturated heterocycles. The van der Waals surface area contributed by atoms with Crippen LogP contribution in [-0.4, -0.2) is 40.9 Å². The monoisotopic (exact) mass is 633 g/mol. The molecular weight excluding hydrogens is 592 g/mol. The highest BCUT2D eigenvalue weighted by atomic mass is 16.6. The third kappa shape index (κ3) is 5.08. The molecule has 0 aromatic carbocycles. The second-order valence-electron chi connectivity index (χ2n) is 14.4. The first-order valence-corrected chi connectivity index (χ1v) is 16.6. The number of rotatable bonds is 4. The van der Waals surface area contributed by atoms with Crippen molar-refractivity contribution in [1.82, 2.24) is 0 Å². The van der Waals surface area contributed by atoms with E-state index in [0.29, 0.717) is 5.92 Å². The number of hydrogen-bond acceptors (Lipinski definition) is 9. The summed E-state index contributed by atoms with van der Waals surface area (Å²) in [5.41, 5.74) is 0.188. The van der Waals surface area contributed by atoms with E-state index >= 15 is 0 Å². The Morgan fingerprint density at radius 3 is 2.04 bits per heavy atom. The molecule has 10 heteroatoms. The van der Waals surface area contributed by atoms with Crippen molar-refractivity contribution in [3.8, 4) is 0 Å². The summed E-state index contributed by atoms with van der Waals surface area (Å²) in [5.74, 6) is 0.590. The minimum Gasteiger partial charge on any atom is -0.550 e. The Morgan fingerprint density at radius 2 is 1.54 bits per heavy atom. The minimum absolute atomic E-state index is 0.0712. The number of aliphatic carboxylic acids is 2. The molecule has 9 rings (SSSR count). The maximum absolute atomic E-state index is 11.9. The number of carboxylic acid groups (broad SMARTS) is 2. The van der Waals surface area contributed by atoms with Crippen LogP contribution in [-0.2, 0) is 38.2 Å². The average molecular weight is 634 g/mol. The molecule has 0 aromatic heterocycles. The molecule has 0 spiro atoms. The summed E-state index contributed by atoms with van der Waals surface area (Å²) in [7, 11) is 0. The molecule has 246 valence electrons. The van der Waals surface area contributed by atoms with Crippen LogP contribution >= 0.6 is 0 Å². The summed E-state index contributed by atoms with van der Waals surface area (Å²) < 4.78 is 8.56. The van der Waals surface area contributed by atoms with E-state index in [9.17, 15) is 33.9 Å². The molecule has 9 aliphatic rings. The van der Waals surface area contributed by atoms with E-state index in [-0.39, 0.29) is 52.4 Å². The number of carbonyl (C=O) groups excluding carboxylic acids is 5. The smallest absolute Gasteiger partial charge is 0.338 e. The van der Waals surface area contributed by atoms with Gasteiger partial charge in [-0.05, 0) is 98.2 Å². The van der Waals surface area contributed by atoms with Crippen molar-refractivity contribution < 1.29 is 48.5 Å². The van der Waals surface area contributed by atoms with Crippen molar-refractivity contribution >= 4 is 35.8 Å². The maximum Gasteiger partial charge on any atom is 0.338 e. The molecule has 5 saturated carbocycles. The van der Waals surface area contributed by atoms with Crippen LogP contribution in [0.1, 0.15) is 64.7 Å². The first kappa shape index (κ1) is 32.1. The van der Waals surface area contributed by atoms with Crippen LogP contribution in [0, 0.1) is 70.0 Å². The Labute approximate surface area is 268 Å². The van der Waals surface area contributed by atoms with E-state index in [2.05, 4.69) is 35.1 Å². The zero-order chi connectivity index (χ0) is 33.0. The molecule has 46 heavy (non-hydrogen) atoms. The number of ether oxygens (including phenoxy) is 2. The van der Waals surface area contributed by atoms with Crippen LogP contribution in [0.5, 0.6) is 0 Å². The van der Waals surface area contributed by atoms with Crippen LogP contribution in [0.3, 0.4) is 0 Å². The predicted molar refractivity (Wildman–Crippen MR) is 159 cm³/mol. The maximum atomic E-state index is 11.9. The molecule has 7 aliphatic carbocycles. The summed E-state index contributed by atoms with van der Waals surface area (Å²) in [6, 6.07) is 0. The van der Waals surface area contributed by atoms with Crippen LogP contribution < -0.4 is 5.11 Å². The lowest BCUT2D eigenvalue weighted by Crippen LogP contribution is -2.53. The summed E-state index contributed by atoms with van der Waals surface area (Å²) in [5, 5.41) is 19.5. The Kier molecular flexibility index (Phi) is 8.44. The number of fused-ring (bicyclic) bond motifs is 12. The van der Waals surface area contributed by atoms with Crippen LogP contribution in [0.25, 0.3) is 0 Å². The second kappa shape index (κ2) is 12.1. The molecule has 0 amide bonds. The van der Waals surface area contributed by atoms with E-state index < -0.39 is 23.9 Å². The van der Waals surface area contributed by atoms with Gasteiger partial charge in [0, 0.05) is 35.5 Å².